The third-order valence-electron chi connectivity index (χ3n) is 3.15. The van der Waals surface area contributed by atoms with E-state index in [1.807, 2.05) is 12.1 Å². The van der Waals surface area contributed by atoms with E-state index >= 15 is 0 Å². The zero-order valence-corrected chi connectivity index (χ0v) is 10.5. The Labute approximate surface area is 103 Å². The minimum atomic E-state index is -0.210. The van der Waals surface area contributed by atoms with Crippen LogP contribution in [0.2, 0.25) is 0 Å². The summed E-state index contributed by atoms with van der Waals surface area (Å²) in [5.41, 5.74) is 7.14. The maximum absolute atomic E-state index is 6.28. The Morgan fingerprint density at radius 1 is 1.19 bits per heavy atom. The van der Waals surface area contributed by atoms with Crippen molar-refractivity contribution in [3.63, 3.8) is 0 Å². The molecule has 0 radical (unpaired) electrons. The highest BCUT2D eigenvalue weighted by atomic mass is 79.9. The van der Waals surface area contributed by atoms with Gasteiger partial charge in [0.15, 0.2) is 11.5 Å². The normalized spacial score (nSPS) is 21.4. The van der Waals surface area contributed by atoms with E-state index in [0.29, 0.717) is 13.2 Å². The van der Waals surface area contributed by atoms with Crippen LogP contribution >= 0.6 is 15.9 Å². The van der Waals surface area contributed by atoms with Gasteiger partial charge in [-0.05, 0) is 25.0 Å². The van der Waals surface area contributed by atoms with E-state index in [1.165, 1.54) is 0 Å². The summed E-state index contributed by atoms with van der Waals surface area (Å²) in [6.07, 6.45) is 2.96. The number of hydrogen-bond acceptors (Lipinski definition) is 3. The number of benzene rings is 1. The molecule has 2 N–H and O–H groups in total. The average molecular weight is 284 g/mol. The number of hydrogen-bond donors (Lipinski definition) is 1. The van der Waals surface area contributed by atoms with Gasteiger partial charge in [0.05, 0.1) is 13.2 Å². The van der Waals surface area contributed by atoms with Crippen molar-refractivity contribution in [3.8, 4) is 11.5 Å². The first-order valence-corrected chi connectivity index (χ1v) is 6.37. The predicted octanol–water partition coefficient (Wildman–Crippen LogP) is 2.56. The molecule has 86 valence electrons. The molecule has 0 saturated heterocycles. The van der Waals surface area contributed by atoms with Crippen molar-refractivity contribution in [2.24, 2.45) is 5.73 Å². The number of ether oxygens (including phenoxy) is 2. The minimum Gasteiger partial charge on any atom is -0.490 e. The van der Waals surface area contributed by atoms with E-state index in [-0.39, 0.29) is 5.54 Å². The average Bonchev–Trinajstić information content (AvgIpc) is 3.02. The van der Waals surface area contributed by atoms with Gasteiger partial charge in [-0.15, -0.1) is 0 Å². The van der Waals surface area contributed by atoms with Gasteiger partial charge >= 0.3 is 0 Å². The molecule has 1 aromatic rings. The molecule has 1 aliphatic carbocycles. The van der Waals surface area contributed by atoms with Gasteiger partial charge in [0, 0.05) is 22.0 Å². The fourth-order valence-electron chi connectivity index (χ4n) is 2.06. The summed E-state index contributed by atoms with van der Waals surface area (Å²) in [7, 11) is 0. The second-order valence-corrected chi connectivity index (χ2v) is 5.31. The Morgan fingerprint density at radius 3 is 2.69 bits per heavy atom. The third kappa shape index (κ3) is 1.60. The van der Waals surface area contributed by atoms with Crippen molar-refractivity contribution in [1.82, 2.24) is 0 Å². The van der Waals surface area contributed by atoms with Crippen LogP contribution in [0.1, 0.15) is 24.8 Å². The van der Waals surface area contributed by atoms with Crippen molar-refractivity contribution in [2.75, 3.05) is 13.2 Å². The van der Waals surface area contributed by atoms with E-state index in [9.17, 15) is 0 Å². The van der Waals surface area contributed by atoms with Crippen molar-refractivity contribution in [1.29, 1.82) is 0 Å². The maximum Gasteiger partial charge on any atom is 0.167 e. The van der Waals surface area contributed by atoms with Gasteiger partial charge in [0.1, 0.15) is 0 Å². The van der Waals surface area contributed by atoms with E-state index in [0.717, 1.165) is 40.8 Å². The lowest BCUT2D eigenvalue weighted by atomic mass is 10.0. The molecule has 0 amide bonds. The van der Waals surface area contributed by atoms with Crippen LogP contribution in [-0.2, 0) is 5.54 Å². The minimum absolute atomic E-state index is 0.210. The highest BCUT2D eigenvalue weighted by Gasteiger charge is 2.44. The van der Waals surface area contributed by atoms with Gasteiger partial charge in [-0.1, -0.05) is 15.9 Å². The number of nitrogens with two attached hydrogens (primary N) is 1. The van der Waals surface area contributed by atoms with Crippen LogP contribution in [0.4, 0.5) is 0 Å². The van der Waals surface area contributed by atoms with Crippen LogP contribution in [0.3, 0.4) is 0 Å². The molecule has 1 aliphatic heterocycles. The van der Waals surface area contributed by atoms with Crippen LogP contribution < -0.4 is 15.2 Å². The second-order valence-electron chi connectivity index (χ2n) is 4.46. The summed E-state index contributed by atoms with van der Waals surface area (Å²) in [6, 6.07) is 3.94. The quantitative estimate of drug-likeness (QED) is 0.862. The van der Waals surface area contributed by atoms with Crippen molar-refractivity contribution in [2.45, 2.75) is 24.8 Å². The molecule has 3 nitrogen and oxygen atoms in total. The summed E-state index contributed by atoms with van der Waals surface area (Å²) in [5, 5.41) is 0. The highest BCUT2D eigenvalue weighted by molar-refractivity contribution is 9.10. The van der Waals surface area contributed by atoms with Gasteiger partial charge in [0.25, 0.3) is 0 Å². The van der Waals surface area contributed by atoms with Gasteiger partial charge < -0.3 is 15.2 Å². The second kappa shape index (κ2) is 3.64. The highest BCUT2D eigenvalue weighted by Crippen LogP contribution is 2.52. The van der Waals surface area contributed by atoms with E-state index in [4.69, 9.17) is 15.2 Å². The molecule has 2 aliphatic rings. The SMILES string of the molecule is NC1(c2c(Br)ccc3c2OCCCO3)CC1. The van der Waals surface area contributed by atoms with E-state index in [2.05, 4.69) is 15.9 Å². The van der Waals surface area contributed by atoms with Crippen LogP contribution in [0.25, 0.3) is 0 Å². The van der Waals surface area contributed by atoms with E-state index in [1.54, 1.807) is 0 Å². The smallest absolute Gasteiger partial charge is 0.167 e. The van der Waals surface area contributed by atoms with Crippen LogP contribution in [-0.4, -0.2) is 13.2 Å². The number of rotatable bonds is 1. The molecule has 3 rings (SSSR count). The Hall–Kier alpha value is -0.740. The summed E-state index contributed by atoms with van der Waals surface area (Å²) < 4.78 is 12.5. The topological polar surface area (TPSA) is 44.5 Å². The van der Waals surface area contributed by atoms with Gasteiger partial charge in [-0.2, -0.15) is 0 Å². The molecule has 0 unspecified atom stereocenters. The van der Waals surface area contributed by atoms with Crippen molar-refractivity contribution in [3.05, 3.63) is 22.2 Å². The van der Waals surface area contributed by atoms with Crippen LogP contribution in [0.15, 0.2) is 16.6 Å². The lowest BCUT2D eigenvalue weighted by Crippen LogP contribution is -2.20. The monoisotopic (exact) mass is 283 g/mol. The molecule has 0 atom stereocenters. The lowest BCUT2D eigenvalue weighted by molar-refractivity contribution is 0.295. The zero-order chi connectivity index (χ0) is 11.2. The van der Waals surface area contributed by atoms with Gasteiger partial charge in [0.2, 0.25) is 0 Å². The molecular weight excluding hydrogens is 270 g/mol. The van der Waals surface area contributed by atoms with E-state index < -0.39 is 0 Å². The fraction of sp³-hybridized carbons (Fsp3) is 0.500. The lowest BCUT2D eigenvalue weighted by Gasteiger charge is -2.18. The predicted molar refractivity (Wildman–Crippen MR) is 64.8 cm³/mol. The van der Waals surface area contributed by atoms with Gasteiger partial charge in [-0.25, -0.2) is 0 Å². The number of fused-ring (bicyclic) bond motifs is 1. The summed E-state index contributed by atoms with van der Waals surface area (Å²) in [4.78, 5) is 0. The molecule has 4 heteroatoms. The molecule has 16 heavy (non-hydrogen) atoms. The molecule has 1 saturated carbocycles. The standard InChI is InChI=1S/C12H14BrNO2/c13-8-2-3-9-11(16-7-1-6-15-9)10(8)12(14)4-5-12/h2-3H,1,4-7,14H2. The first-order chi connectivity index (χ1) is 7.71. The summed E-state index contributed by atoms with van der Waals surface area (Å²) in [5.74, 6) is 1.67. The zero-order valence-electron chi connectivity index (χ0n) is 8.96. The number of halogens is 1. The Bertz CT molecular complexity index is 429. The van der Waals surface area contributed by atoms with Gasteiger partial charge in [-0.3, -0.25) is 0 Å². The van der Waals surface area contributed by atoms with Crippen LogP contribution in [0, 0.1) is 0 Å². The fourth-order valence-corrected chi connectivity index (χ4v) is 2.77. The molecule has 0 aromatic heterocycles. The van der Waals surface area contributed by atoms with Crippen LogP contribution in [0.5, 0.6) is 11.5 Å². The Morgan fingerprint density at radius 2 is 1.94 bits per heavy atom. The Balaban J connectivity index is 2.14. The summed E-state index contributed by atoms with van der Waals surface area (Å²) >= 11 is 3.56. The molecular formula is C12H14BrNO2. The summed E-state index contributed by atoms with van der Waals surface area (Å²) in [6.45, 7) is 1.41. The molecule has 1 heterocycles. The molecule has 0 bridgehead atoms. The third-order valence-corrected chi connectivity index (χ3v) is 3.81. The van der Waals surface area contributed by atoms with Crippen molar-refractivity contribution < 1.29 is 9.47 Å². The Kier molecular flexibility index (Phi) is 2.37. The molecule has 1 aromatic carbocycles. The largest absolute Gasteiger partial charge is 0.490 e. The maximum atomic E-state index is 6.28. The first kappa shape index (κ1) is 10.4. The molecule has 0 spiro atoms. The molecule has 1 fully saturated rings. The van der Waals surface area contributed by atoms with Crippen molar-refractivity contribution >= 4 is 15.9 Å². The first-order valence-electron chi connectivity index (χ1n) is 5.58.